The zero-order valence-electron chi connectivity index (χ0n) is 11.4. The molecule has 0 saturated carbocycles. The maximum atomic E-state index is 5.91. The van der Waals surface area contributed by atoms with Crippen molar-refractivity contribution in [2.24, 2.45) is 16.8 Å². The Hall–Kier alpha value is -0.370. The molecule has 0 aromatic rings. The van der Waals surface area contributed by atoms with Gasteiger partial charge in [0.1, 0.15) is 0 Å². The first-order chi connectivity index (χ1) is 8.24. The Bertz CT molecular complexity index is 251. The number of hydrogen-bond donors (Lipinski definition) is 0. The molecule has 98 valence electrons. The quantitative estimate of drug-likeness (QED) is 0.731. The largest absolute Gasteiger partial charge is 0.376 e. The minimum absolute atomic E-state index is 0.456. The van der Waals surface area contributed by atoms with Crippen molar-refractivity contribution in [3.05, 3.63) is 0 Å². The highest BCUT2D eigenvalue weighted by atomic mass is 16.5. The average Bonchev–Trinajstić information content (AvgIpc) is 2.49. The lowest BCUT2D eigenvalue weighted by molar-refractivity contribution is 0.0106. The Morgan fingerprint density at radius 2 is 2.00 bits per heavy atom. The van der Waals surface area contributed by atoms with Crippen molar-refractivity contribution in [3.63, 3.8) is 0 Å². The fourth-order valence-corrected chi connectivity index (χ4v) is 3.25. The summed E-state index contributed by atoms with van der Waals surface area (Å²) in [4.78, 5) is 4.42. The highest BCUT2D eigenvalue weighted by Crippen LogP contribution is 2.29. The molecule has 0 radical (unpaired) electrons. The molecule has 2 nitrogen and oxygen atoms in total. The standard InChI is InChI=1S/C15H27NO/c1-12-5-6-14(10-13(2)17-12)7-8-15-4-3-9-16-11-15/h11-15H,3-10H2,1-2H3. The van der Waals surface area contributed by atoms with Crippen molar-refractivity contribution < 1.29 is 4.74 Å². The van der Waals surface area contributed by atoms with Crippen LogP contribution < -0.4 is 0 Å². The molecule has 1 fully saturated rings. The molecular weight excluding hydrogens is 210 g/mol. The van der Waals surface area contributed by atoms with Gasteiger partial charge in [-0.25, -0.2) is 0 Å². The van der Waals surface area contributed by atoms with Crippen LogP contribution in [0.5, 0.6) is 0 Å². The molecule has 17 heavy (non-hydrogen) atoms. The first kappa shape index (κ1) is 13.1. The summed E-state index contributed by atoms with van der Waals surface area (Å²) in [6.07, 6.45) is 12.4. The minimum atomic E-state index is 0.456. The van der Waals surface area contributed by atoms with Gasteiger partial charge >= 0.3 is 0 Å². The number of rotatable bonds is 3. The molecule has 0 bridgehead atoms. The predicted molar refractivity (Wildman–Crippen MR) is 72.7 cm³/mol. The van der Waals surface area contributed by atoms with Crippen LogP contribution in [-0.2, 0) is 4.74 Å². The van der Waals surface area contributed by atoms with Crippen molar-refractivity contribution in [2.45, 2.75) is 71.0 Å². The Balaban J connectivity index is 1.74. The normalized spacial score (nSPS) is 38.9. The zero-order chi connectivity index (χ0) is 12.1. The fraction of sp³-hybridized carbons (Fsp3) is 0.933. The van der Waals surface area contributed by atoms with Gasteiger partial charge in [-0.1, -0.05) is 0 Å². The molecule has 1 saturated heterocycles. The predicted octanol–water partition coefficient (Wildman–Crippen LogP) is 3.84. The van der Waals surface area contributed by atoms with Gasteiger partial charge in [0.15, 0.2) is 0 Å². The summed E-state index contributed by atoms with van der Waals surface area (Å²) in [6, 6.07) is 0. The molecule has 2 heterocycles. The molecule has 2 aliphatic heterocycles. The first-order valence-electron chi connectivity index (χ1n) is 7.39. The van der Waals surface area contributed by atoms with E-state index in [-0.39, 0.29) is 0 Å². The number of ether oxygens (including phenoxy) is 1. The molecule has 0 amide bonds. The van der Waals surface area contributed by atoms with Crippen LogP contribution in [0.3, 0.4) is 0 Å². The second-order valence-electron chi connectivity index (χ2n) is 5.97. The Morgan fingerprint density at radius 1 is 1.12 bits per heavy atom. The number of hydrogen-bond acceptors (Lipinski definition) is 2. The SMILES string of the molecule is CC1CCC(CCC2C=NCCC2)CC(C)O1. The molecule has 2 aliphatic rings. The maximum Gasteiger partial charge on any atom is 0.0553 e. The summed E-state index contributed by atoms with van der Waals surface area (Å²) in [5.74, 6) is 1.64. The summed E-state index contributed by atoms with van der Waals surface area (Å²) >= 11 is 0. The summed E-state index contributed by atoms with van der Waals surface area (Å²) in [7, 11) is 0. The monoisotopic (exact) mass is 237 g/mol. The molecule has 0 N–H and O–H groups in total. The molecule has 2 rings (SSSR count). The third-order valence-electron chi connectivity index (χ3n) is 4.24. The van der Waals surface area contributed by atoms with Crippen molar-refractivity contribution in [3.8, 4) is 0 Å². The first-order valence-corrected chi connectivity index (χ1v) is 7.39. The van der Waals surface area contributed by atoms with E-state index in [1.807, 2.05) is 0 Å². The Kier molecular flexibility index (Phi) is 5.02. The Morgan fingerprint density at radius 3 is 2.76 bits per heavy atom. The van der Waals surface area contributed by atoms with E-state index >= 15 is 0 Å². The van der Waals surface area contributed by atoms with Gasteiger partial charge in [-0.15, -0.1) is 0 Å². The van der Waals surface area contributed by atoms with Crippen molar-refractivity contribution in [1.82, 2.24) is 0 Å². The highest BCUT2D eigenvalue weighted by Gasteiger charge is 2.22. The zero-order valence-corrected chi connectivity index (χ0v) is 11.4. The molecule has 0 aliphatic carbocycles. The van der Waals surface area contributed by atoms with Crippen LogP contribution in [0.1, 0.15) is 58.8 Å². The van der Waals surface area contributed by atoms with E-state index in [9.17, 15) is 0 Å². The molecule has 0 aromatic carbocycles. The van der Waals surface area contributed by atoms with Crippen LogP contribution in [0.15, 0.2) is 4.99 Å². The Labute approximate surface area is 106 Å². The molecular formula is C15H27NO. The van der Waals surface area contributed by atoms with Gasteiger partial charge in [-0.05, 0) is 70.6 Å². The van der Waals surface area contributed by atoms with Crippen LogP contribution in [0, 0.1) is 11.8 Å². The second-order valence-corrected chi connectivity index (χ2v) is 5.97. The van der Waals surface area contributed by atoms with Crippen molar-refractivity contribution in [2.75, 3.05) is 6.54 Å². The highest BCUT2D eigenvalue weighted by molar-refractivity contribution is 5.61. The molecule has 2 heteroatoms. The van der Waals surface area contributed by atoms with E-state index in [4.69, 9.17) is 4.74 Å². The second kappa shape index (κ2) is 6.53. The van der Waals surface area contributed by atoms with Gasteiger partial charge < -0.3 is 4.74 Å². The van der Waals surface area contributed by atoms with Gasteiger partial charge in [-0.3, -0.25) is 4.99 Å². The van der Waals surface area contributed by atoms with Gasteiger partial charge in [0, 0.05) is 12.8 Å². The topological polar surface area (TPSA) is 21.6 Å². The van der Waals surface area contributed by atoms with E-state index < -0.39 is 0 Å². The van der Waals surface area contributed by atoms with Gasteiger partial charge in [0.05, 0.1) is 12.2 Å². The molecule has 4 atom stereocenters. The maximum absolute atomic E-state index is 5.91. The van der Waals surface area contributed by atoms with E-state index in [1.165, 1.54) is 44.9 Å². The van der Waals surface area contributed by atoms with Crippen LogP contribution in [-0.4, -0.2) is 25.0 Å². The van der Waals surface area contributed by atoms with Crippen LogP contribution in [0.2, 0.25) is 0 Å². The lowest BCUT2D eigenvalue weighted by Crippen LogP contribution is -2.15. The summed E-state index contributed by atoms with van der Waals surface area (Å²) in [5.41, 5.74) is 0. The van der Waals surface area contributed by atoms with E-state index in [0.717, 1.165) is 18.4 Å². The van der Waals surface area contributed by atoms with E-state index in [1.54, 1.807) is 0 Å². The number of nitrogens with zero attached hydrogens (tertiary/aromatic N) is 1. The summed E-state index contributed by atoms with van der Waals surface area (Å²) in [5, 5.41) is 0. The fourth-order valence-electron chi connectivity index (χ4n) is 3.25. The average molecular weight is 237 g/mol. The minimum Gasteiger partial charge on any atom is -0.376 e. The van der Waals surface area contributed by atoms with Gasteiger partial charge in [0.25, 0.3) is 0 Å². The summed E-state index contributed by atoms with van der Waals surface area (Å²) in [6.45, 7) is 5.51. The van der Waals surface area contributed by atoms with Crippen LogP contribution in [0.25, 0.3) is 0 Å². The molecule has 0 aromatic heterocycles. The van der Waals surface area contributed by atoms with Crippen molar-refractivity contribution in [1.29, 1.82) is 0 Å². The van der Waals surface area contributed by atoms with Gasteiger partial charge in [-0.2, -0.15) is 0 Å². The van der Waals surface area contributed by atoms with Crippen LogP contribution in [0.4, 0.5) is 0 Å². The summed E-state index contributed by atoms with van der Waals surface area (Å²) < 4.78 is 5.91. The smallest absolute Gasteiger partial charge is 0.0553 e. The third kappa shape index (κ3) is 4.42. The third-order valence-corrected chi connectivity index (χ3v) is 4.24. The lowest BCUT2D eigenvalue weighted by atomic mass is 9.87. The number of aliphatic imine (C=N–C) groups is 1. The van der Waals surface area contributed by atoms with Crippen LogP contribution >= 0.6 is 0 Å². The van der Waals surface area contributed by atoms with Gasteiger partial charge in [0.2, 0.25) is 0 Å². The molecule has 0 spiro atoms. The van der Waals surface area contributed by atoms with E-state index in [0.29, 0.717) is 12.2 Å². The van der Waals surface area contributed by atoms with Crippen molar-refractivity contribution >= 4 is 6.21 Å². The van der Waals surface area contributed by atoms with E-state index in [2.05, 4.69) is 25.1 Å². The molecule has 4 unspecified atom stereocenters. The lowest BCUT2D eigenvalue weighted by Gasteiger charge is -2.20.